The van der Waals surface area contributed by atoms with Crippen molar-refractivity contribution in [2.24, 2.45) is 5.73 Å². The average Bonchev–Trinajstić information content (AvgIpc) is 3.06. The summed E-state index contributed by atoms with van der Waals surface area (Å²) in [5.74, 6) is -0.884. The van der Waals surface area contributed by atoms with Gasteiger partial charge in [0.05, 0.1) is 17.8 Å². The summed E-state index contributed by atoms with van der Waals surface area (Å²) >= 11 is 5.98. The van der Waals surface area contributed by atoms with E-state index in [9.17, 15) is 9.59 Å². The number of nitrogens with two attached hydrogens (primary N) is 1. The van der Waals surface area contributed by atoms with Crippen LogP contribution in [-0.2, 0) is 16.0 Å². The highest BCUT2D eigenvalue weighted by molar-refractivity contribution is 6.30. The van der Waals surface area contributed by atoms with Gasteiger partial charge >= 0.3 is 0 Å². The third kappa shape index (κ3) is 4.54. The maximum absolute atomic E-state index is 12.3. The summed E-state index contributed by atoms with van der Waals surface area (Å²) in [6.45, 7) is 1.55. The van der Waals surface area contributed by atoms with E-state index in [0.717, 1.165) is 16.8 Å². The van der Waals surface area contributed by atoms with Crippen molar-refractivity contribution in [3.05, 3.63) is 71.4 Å². The Kier molecular flexibility index (Phi) is 5.57. The maximum atomic E-state index is 12.3. The number of halogens is 1. The summed E-state index contributed by atoms with van der Waals surface area (Å²) < 4.78 is 1.73. The average molecular weight is 383 g/mol. The normalized spacial score (nSPS) is 11.8. The molecule has 3 aromatic rings. The van der Waals surface area contributed by atoms with E-state index in [1.807, 2.05) is 48.7 Å². The van der Waals surface area contributed by atoms with Crippen molar-refractivity contribution in [3.63, 3.8) is 0 Å². The lowest BCUT2D eigenvalue weighted by molar-refractivity contribution is -0.126. The van der Waals surface area contributed by atoms with Crippen LogP contribution >= 0.6 is 11.6 Å². The minimum atomic E-state index is -0.736. The molecule has 0 bridgehead atoms. The van der Waals surface area contributed by atoms with Crippen molar-refractivity contribution >= 4 is 23.4 Å². The van der Waals surface area contributed by atoms with E-state index in [0.29, 0.717) is 10.7 Å². The molecule has 0 saturated carbocycles. The number of amides is 2. The number of primary amides is 1. The summed E-state index contributed by atoms with van der Waals surface area (Å²) in [6, 6.07) is 16.1. The predicted octanol–water partition coefficient (Wildman–Crippen LogP) is 2.73. The molecule has 0 fully saturated rings. The SMILES string of the molecule is CC(NC(=O)Cc1cn(-c2ccccc2)nc1-c1ccc(Cl)cc1)C(N)=O. The lowest BCUT2D eigenvalue weighted by atomic mass is 10.1. The van der Waals surface area contributed by atoms with E-state index >= 15 is 0 Å². The molecule has 27 heavy (non-hydrogen) atoms. The van der Waals surface area contributed by atoms with Gasteiger partial charge in [-0.15, -0.1) is 0 Å². The zero-order chi connectivity index (χ0) is 19.4. The fraction of sp³-hybridized carbons (Fsp3) is 0.150. The number of aromatic nitrogens is 2. The largest absolute Gasteiger partial charge is 0.368 e. The molecule has 0 radical (unpaired) electrons. The maximum Gasteiger partial charge on any atom is 0.239 e. The molecule has 0 spiro atoms. The van der Waals surface area contributed by atoms with Crippen LogP contribution in [0.4, 0.5) is 0 Å². The van der Waals surface area contributed by atoms with Gasteiger partial charge in [-0.2, -0.15) is 5.10 Å². The number of hydrogen-bond acceptors (Lipinski definition) is 3. The standard InChI is InChI=1S/C20H19ClN4O2/c1-13(20(22)27)23-18(26)11-15-12-25(17-5-3-2-4-6-17)24-19(15)14-7-9-16(21)10-8-14/h2-10,12-13H,11H2,1H3,(H2,22,27)(H,23,26). The Bertz CT molecular complexity index is 952. The molecule has 7 heteroatoms. The van der Waals surface area contributed by atoms with E-state index in [1.165, 1.54) is 0 Å². The first-order chi connectivity index (χ1) is 12.9. The summed E-state index contributed by atoms with van der Waals surface area (Å²) in [4.78, 5) is 23.5. The van der Waals surface area contributed by atoms with Gasteiger partial charge in [0.25, 0.3) is 0 Å². The van der Waals surface area contributed by atoms with Crippen molar-refractivity contribution in [1.29, 1.82) is 0 Å². The van der Waals surface area contributed by atoms with Crippen molar-refractivity contribution in [2.45, 2.75) is 19.4 Å². The summed E-state index contributed by atoms with van der Waals surface area (Å²) in [7, 11) is 0. The fourth-order valence-electron chi connectivity index (χ4n) is 2.64. The fourth-order valence-corrected chi connectivity index (χ4v) is 2.77. The van der Waals surface area contributed by atoms with Gasteiger partial charge in [0, 0.05) is 22.3 Å². The van der Waals surface area contributed by atoms with Crippen molar-refractivity contribution in [3.8, 4) is 16.9 Å². The van der Waals surface area contributed by atoms with Crippen molar-refractivity contribution < 1.29 is 9.59 Å². The Morgan fingerprint density at radius 3 is 2.44 bits per heavy atom. The first-order valence-corrected chi connectivity index (χ1v) is 8.80. The first kappa shape index (κ1) is 18.7. The van der Waals surface area contributed by atoms with Gasteiger partial charge in [0.2, 0.25) is 11.8 Å². The van der Waals surface area contributed by atoms with Gasteiger partial charge in [0.15, 0.2) is 0 Å². The zero-order valence-corrected chi connectivity index (χ0v) is 15.5. The highest BCUT2D eigenvalue weighted by Crippen LogP contribution is 2.25. The molecule has 2 amide bonds. The molecule has 1 heterocycles. The molecule has 2 aromatic carbocycles. The lowest BCUT2D eigenvalue weighted by Gasteiger charge is -2.10. The molecule has 0 aliphatic heterocycles. The number of benzene rings is 2. The Morgan fingerprint density at radius 1 is 1.15 bits per heavy atom. The van der Waals surface area contributed by atoms with Gasteiger partial charge in [-0.25, -0.2) is 4.68 Å². The molecule has 1 unspecified atom stereocenters. The number of nitrogens with one attached hydrogen (secondary N) is 1. The topological polar surface area (TPSA) is 90.0 Å². The number of nitrogens with zero attached hydrogens (tertiary/aromatic N) is 2. The third-order valence-electron chi connectivity index (χ3n) is 4.08. The molecule has 0 aliphatic rings. The first-order valence-electron chi connectivity index (χ1n) is 8.42. The molecule has 0 aliphatic carbocycles. The van der Waals surface area contributed by atoms with E-state index in [-0.39, 0.29) is 12.3 Å². The molecule has 1 atom stereocenters. The second-order valence-corrected chi connectivity index (χ2v) is 6.59. The number of rotatable bonds is 6. The van der Waals surface area contributed by atoms with Crippen LogP contribution in [0.5, 0.6) is 0 Å². The zero-order valence-electron chi connectivity index (χ0n) is 14.7. The number of hydrogen-bond donors (Lipinski definition) is 2. The molecule has 0 saturated heterocycles. The van der Waals surface area contributed by atoms with Gasteiger partial charge in [-0.3, -0.25) is 9.59 Å². The van der Waals surface area contributed by atoms with Crippen LogP contribution in [0.1, 0.15) is 12.5 Å². The second kappa shape index (κ2) is 8.05. The molecule has 1 aromatic heterocycles. The molecule has 3 rings (SSSR count). The smallest absolute Gasteiger partial charge is 0.239 e. The highest BCUT2D eigenvalue weighted by Gasteiger charge is 2.18. The molecular formula is C20H19ClN4O2. The Morgan fingerprint density at radius 2 is 1.81 bits per heavy atom. The van der Waals surface area contributed by atoms with E-state index in [4.69, 9.17) is 17.3 Å². The van der Waals surface area contributed by atoms with Crippen LogP contribution in [0.3, 0.4) is 0 Å². The number of carbonyl (C=O) groups is 2. The summed E-state index contributed by atoms with van der Waals surface area (Å²) in [5.41, 5.74) is 8.35. The third-order valence-corrected chi connectivity index (χ3v) is 4.34. The van der Waals surface area contributed by atoms with Gasteiger partial charge in [-0.05, 0) is 31.2 Å². The van der Waals surface area contributed by atoms with Crippen LogP contribution in [0.2, 0.25) is 5.02 Å². The quantitative estimate of drug-likeness (QED) is 0.686. The van der Waals surface area contributed by atoms with Crippen LogP contribution in [0, 0.1) is 0 Å². The lowest BCUT2D eigenvalue weighted by Crippen LogP contribution is -2.42. The minimum Gasteiger partial charge on any atom is -0.368 e. The minimum absolute atomic E-state index is 0.0718. The Labute approximate surface area is 161 Å². The Hall–Kier alpha value is -3.12. The molecule has 138 valence electrons. The van der Waals surface area contributed by atoms with Crippen LogP contribution in [0.15, 0.2) is 60.8 Å². The van der Waals surface area contributed by atoms with Crippen LogP contribution < -0.4 is 11.1 Å². The highest BCUT2D eigenvalue weighted by atomic mass is 35.5. The second-order valence-electron chi connectivity index (χ2n) is 6.16. The van der Waals surface area contributed by atoms with Crippen LogP contribution in [-0.4, -0.2) is 27.6 Å². The van der Waals surface area contributed by atoms with Crippen molar-refractivity contribution in [1.82, 2.24) is 15.1 Å². The van der Waals surface area contributed by atoms with Crippen LogP contribution in [0.25, 0.3) is 16.9 Å². The molecule has 6 nitrogen and oxygen atoms in total. The summed E-state index contributed by atoms with van der Waals surface area (Å²) in [5, 5.41) is 7.86. The van der Waals surface area contributed by atoms with E-state index in [2.05, 4.69) is 10.4 Å². The number of para-hydroxylation sites is 1. The predicted molar refractivity (Wildman–Crippen MR) is 105 cm³/mol. The van der Waals surface area contributed by atoms with Gasteiger partial charge in [-0.1, -0.05) is 41.9 Å². The Balaban J connectivity index is 1.95. The van der Waals surface area contributed by atoms with Gasteiger partial charge < -0.3 is 11.1 Å². The van der Waals surface area contributed by atoms with E-state index < -0.39 is 11.9 Å². The van der Waals surface area contributed by atoms with E-state index in [1.54, 1.807) is 23.7 Å². The van der Waals surface area contributed by atoms with Crippen molar-refractivity contribution in [2.75, 3.05) is 0 Å². The monoisotopic (exact) mass is 382 g/mol. The molecule has 3 N–H and O–H groups in total. The molecular weight excluding hydrogens is 364 g/mol. The van der Waals surface area contributed by atoms with Gasteiger partial charge in [0.1, 0.15) is 6.04 Å². The summed E-state index contributed by atoms with van der Waals surface area (Å²) in [6.07, 6.45) is 1.89. The number of carbonyl (C=O) groups excluding carboxylic acids is 2.